The zero-order valence-corrected chi connectivity index (χ0v) is 24.2. The summed E-state index contributed by atoms with van der Waals surface area (Å²) in [6.45, 7) is 10.2. The number of fused-ring (bicyclic) bond motifs is 2. The van der Waals surface area contributed by atoms with Crippen molar-refractivity contribution < 1.29 is 30.0 Å². The minimum absolute atomic E-state index is 0. The first-order chi connectivity index (χ1) is 16.4. The summed E-state index contributed by atoms with van der Waals surface area (Å²) >= 11 is 1.79. The first-order valence-electron chi connectivity index (χ1n) is 12.3. The molecule has 0 saturated heterocycles. The first-order valence-corrected chi connectivity index (χ1v) is 13.2. The monoisotopic (exact) mass is 666 g/mol. The molecule has 5 aromatic rings. The van der Waals surface area contributed by atoms with E-state index in [1.54, 1.807) is 11.3 Å². The molecule has 0 fully saturated rings. The van der Waals surface area contributed by atoms with E-state index in [0.717, 1.165) is 31.3 Å². The molecule has 0 unspecified atom stereocenters. The molecule has 187 valence electrons. The molecule has 0 aliphatic carbocycles. The molecule has 0 spiro atoms. The van der Waals surface area contributed by atoms with Gasteiger partial charge in [-0.1, -0.05) is 58.5 Å². The number of nitrogens with zero attached hydrogens (tertiary/aromatic N) is 2. The van der Waals surface area contributed by atoms with Crippen molar-refractivity contribution in [1.29, 1.82) is 0 Å². The summed E-state index contributed by atoms with van der Waals surface area (Å²) in [5.41, 5.74) is 3.45. The smallest absolute Gasteiger partial charge is 0.162 e. The summed E-state index contributed by atoms with van der Waals surface area (Å²) in [5, 5.41) is 17.2. The van der Waals surface area contributed by atoms with Gasteiger partial charge >= 0.3 is 0 Å². The second-order valence-electron chi connectivity index (χ2n) is 8.93. The third-order valence-electron chi connectivity index (χ3n) is 6.99. The quantitative estimate of drug-likeness (QED) is 0.0825. The number of benzene rings is 1. The van der Waals surface area contributed by atoms with Crippen LogP contribution in [0.4, 0.5) is 0 Å². The van der Waals surface area contributed by atoms with Crippen LogP contribution in [0.1, 0.15) is 58.9 Å². The minimum atomic E-state index is 0. The molecule has 0 aliphatic rings. The fourth-order valence-corrected chi connectivity index (χ4v) is 5.81. The maximum Gasteiger partial charge on any atom is 0.162 e. The molecule has 4 heterocycles. The predicted octanol–water partition coefficient (Wildman–Crippen LogP) is 8.27. The molecule has 4 nitrogen and oxygen atoms in total. The van der Waals surface area contributed by atoms with Crippen LogP contribution in [0.25, 0.3) is 37.4 Å². The second-order valence-corrected chi connectivity index (χ2v) is 9.84. The number of pyridine rings is 2. The molecule has 5 rings (SSSR count). The van der Waals surface area contributed by atoms with Gasteiger partial charge in [0.15, 0.2) is 5.78 Å². The molecule has 1 N–H and O–H groups in total. The summed E-state index contributed by atoms with van der Waals surface area (Å²) in [7, 11) is 0. The van der Waals surface area contributed by atoms with Crippen LogP contribution in [0, 0.1) is 25.0 Å². The van der Waals surface area contributed by atoms with Crippen LogP contribution in [0.5, 0.6) is 0 Å². The molecule has 4 aromatic heterocycles. The fraction of sp³-hybridized carbons (Fsp3) is 0.379. The Bertz CT molecular complexity index is 1460. The molecule has 6 heteroatoms. The van der Waals surface area contributed by atoms with Crippen molar-refractivity contribution in [3.63, 3.8) is 0 Å². The van der Waals surface area contributed by atoms with Crippen LogP contribution in [0.3, 0.4) is 0 Å². The molecule has 1 aromatic carbocycles. The van der Waals surface area contributed by atoms with Gasteiger partial charge in [0, 0.05) is 54.3 Å². The van der Waals surface area contributed by atoms with Gasteiger partial charge in [0.25, 0.3) is 0 Å². The maximum atomic E-state index is 11.7. The Kier molecular flexibility index (Phi) is 9.09. The Balaban J connectivity index is 0.000000198. The third kappa shape index (κ3) is 5.02. The Morgan fingerprint density at radius 1 is 1.06 bits per heavy atom. The van der Waals surface area contributed by atoms with Crippen molar-refractivity contribution in [3.05, 3.63) is 59.4 Å². The summed E-state index contributed by atoms with van der Waals surface area (Å²) in [5.74, 6) is 0.547. The maximum absolute atomic E-state index is 11.7. The Labute approximate surface area is 224 Å². The summed E-state index contributed by atoms with van der Waals surface area (Å²) in [6, 6.07) is 8.59. The van der Waals surface area contributed by atoms with Gasteiger partial charge in [-0.15, -0.1) is 28.4 Å². The van der Waals surface area contributed by atoms with Crippen molar-refractivity contribution in [2.75, 3.05) is 0 Å². The molecular weight excluding hydrogens is 633 g/mol. The Morgan fingerprint density at radius 2 is 1.71 bits per heavy atom. The van der Waals surface area contributed by atoms with Crippen molar-refractivity contribution in [2.45, 2.75) is 60.3 Å². The normalized spacial score (nSPS) is 12.1. The number of carbonyl (C=O) groups excluding carboxylic acids is 1. The van der Waals surface area contributed by atoms with Crippen molar-refractivity contribution >= 4 is 54.5 Å². The predicted molar refractivity (Wildman–Crippen MR) is 144 cm³/mol. The van der Waals surface area contributed by atoms with Gasteiger partial charge in [0.1, 0.15) is 0 Å². The number of rotatable bonds is 7. The number of aryl methyl sites for hydroxylation is 1. The number of thiophene rings is 1. The molecule has 0 aliphatic heterocycles. The Morgan fingerprint density at radius 3 is 2.37 bits per heavy atom. The number of para-hydroxylation sites is 1. The number of hydrogen-bond acceptors (Lipinski definition) is 4. The van der Waals surface area contributed by atoms with Gasteiger partial charge < -0.3 is 9.51 Å². The van der Waals surface area contributed by atoms with Crippen LogP contribution >= 0.6 is 11.3 Å². The fourth-order valence-electron chi connectivity index (χ4n) is 4.86. The standard InChI is InChI=1S/C16H9N2S.C13H24O2.Ir/c1-9-7-18-15-10(9)3-2-4-11(15)12-8-19-13-5-6-17-16(18)14(12)13;1-5-10(6-2)12(14)9-13(15)11(7-3)8-4;/h2-6,8H,1H3;9-11,14H,5-8H2,1-4H3;/q-1;;/b;12-9-;. The van der Waals surface area contributed by atoms with E-state index in [1.165, 1.54) is 43.4 Å². The van der Waals surface area contributed by atoms with Crippen molar-refractivity contribution in [2.24, 2.45) is 11.8 Å². The van der Waals surface area contributed by atoms with E-state index < -0.39 is 0 Å². The first kappa shape index (κ1) is 27.3. The van der Waals surface area contributed by atoms with Gasteiger partial charge in [-0.3, -0.25) is 9.78 Å². The molecule has 0 atom stereocenters. The number of aliphatic hydroxyl groups is 1. The molecule has 0 bridgehead atoms. The van der Waals surface area contributed by atoms with E-state index in [1.807, 2.05) is 33.9 Å². The van der Waals surface area contributed by atoms with Crippen LogP contribution in [0.2, 0.25) is 0 Å². The number of carbonyl (C=O) groups is 1. The van der Waals surface area contributed by atoms with E-state index in [4.69, 9.17) is 0 Å². The number of aliphatic hydroxyl groups excluding tert-OH is 1. The van der Waals surface area contributed by atoms with E-state index in [9.17, 15) is 9.90 Å². The van der Waals surface area contributed by atoms with Crippen LogP contribution in [-0.4, -0.2) is 20.3 Å². The third-order valence-corrected chi connectivity index (χ3v) is 7.94. The molecule has 0 saturated carbocycles. The largest absolute Gasteiger partial charge is 0.512 e. The topological polar surface area (TPSA) is 54.6 Å². The number of ketones is 1. The van der Waals surface area contributed by atoms with E-state index in [2.05, 4.69) is 52.2 Å². The number of allylic oxidation sites excluding steroid dienone is 2. The molecule has 0 amide bonds. The van der Waals surface area contributed by atoms with Crippen LogP contribution in [0.15, 0.2) is 47.7 Å². The Hall–Kier alpha value is -2.27. The zero-order chi connectivity index (χ0) is 24.4. The van der Waals surface area contributed by atoms with Crippen molar-refractivity contribution in [1.82, 2.24) is 9.38 Å². The molecule has 35 heavy (non-hydrogen) atoms. The SMILES string of the molecule is CCC(CC)C(=O)/C=C(\O)C(CC)CC.Cc1[c-]n2c3nccc4scc(c5cccc1c52)c43.[Ir]. The molecule has 1 radical (unpaired) electrons. The zero-order valence-electron chi connectivity index (χ0n) is 21.0. The summed E-state index contributed by atoms with van der Waals surface area (Å²) < 4.78 is 3.42. The van der Waals surface area contributed by atoms with Gasteiger partial charge in [-0.05, 0) is 47.9 Å². The summed E-state index contributed by atoms with van der Waals surface area (Å²) in [6.07, 6.45) is 10.2. The van der Waals surface area contributed by atoms with E-state index in [0.29, 0.717) is 0 Å². The second kappa shape index (κ2) is 11.6. The van der Waals surface area contributed by atoms with Gasteiger partial charge in [-0.2, -0.15) is 0 Å². The van der Waals surface area contributed by atoms with E-state index in [-0.39, 0.29) is 43.5 Å². The van der Waals surface area contributed by atoms with Crippen molar-refractivity contribution in [3.8, 4) is 0 Å². The van der Waals surface area contributed by atoms with Gasteiger partial charge in [0.2, 0.25) is 0 Å². The number of aromatic nitrogens is 2. The average molecular weight is 666 g/mol. The molecular formula is C29H33IrN2O2S-. The average Bonchev–Trinajstić information content (AvgIpc) is 3.42. The number of hydrogen-bond donors (Lipinski definition) is 1. The van der Waals surface area contributed by atoms with Gasteiger partial charge in [0.05, 0.1) is 11.4 Å². The van der Waals surface area contributed by atoms with Gasteiger partial charge in [-0.25, -0.2) is 0 Å². The summed E-state index contributed by atoms with van der Waals surface area (Å²) in [4.78, 5) is 16.3. The van der Waals surface area contributed by atoms with Crippen LogP contribution < -0.4 is 0 Å². The van der Waals surface area contributed by atoms with Crippen LogP contribution in [-0.2, 0) is 24.9 Å². The van der Waals surface area contributed by atoms with E-state index >= 15 is 0 Å². The minimum Gasteiger partial charge on any atom is -0.512 e.